The smallest absolute Gasteiger partial charge is 0.339 e. The Morgan fingerprint density at radius 1 is 1.50 bits per heavy atom. The van der Waals surface area contributed by atoms with E-state index in [2.05, 4.69) is 4.90 Å². The maximum absolute atomic E-state index is 11.5. The summed E-state index contributed by atoms with van der Waals surface area (Å²) in [7, 11) is 2.04. The van der Waals surface area contributed by atoms with Crippen molar-refractivity contribution in [2.45, 2.75) is 19.0 Å². The van der Waals surface area contributed by atoms with Crippen LogP contribution < -0.4 is 0 Å². The molecule has 1 aromatic heterocycles. The molecule has 1 N–H and O–H groups in total. The molecule has 1 aliphatic heterocycles. The number of carboxylic acids is 1. The van der Waals surface area contributed by atoms with Gasteiger partial charge < -0.3 is 9.52 Å². The van der Waals surface area contributed by atoms with Gasteiger partial charge in [-0.2, -0.15) is 11.8 Å². The molecular weight excluding hydrogens is 274 g/mol. The number of thioether (sulfide) groups is 1. The van der Waals surface area contributed by atoms with Crippen molar-refractivity contribution in [1.29, 1.82) is 0 Å². The van der Waals surface area contributed by atoms with E-state index < -0.39 is 5.97 Å². The Morgan fingerprint density at radius 3 is 3.00 bits per heavy atom. The minimum atomic E-state index is -0.917. The molecule has 1 atom stereocenters. The first kappa shape index (κ1) is 13.5. The number of hydrogen-bond acceptors (Lipinski definition) is 4. The minimum absolute atomic E-state index is 0.304. The second-order valence-electron chi connectivity index (χ2n) is 5.13. The second-order valence-corrected chi connectivity index (χ2v) is 6.28. The fourth-order valence-electron chi connectivity index (χ4n) is 2.67. The quantitative estimate of drug-likeness (QED) is 0.938. The van der Waals surface area contributed by atoms with Gasteiger partial charge in [0.1, 0.15) is 16.9 Å². The first-order valence-electron chi connectivity index (χ1n) is 6.68. The highest BCUT2D eigenvalue weighted by atomic mass is 32.2. The molecule has 5 heteroatoms. The molecule has 1 saturated heterocycles. The van der Waals surface area contributed by atoms with Crippen LogP contribution in [0.25, 0.3) is 11.0 Å². The SMILES string of the molecule is CN(Cc1oc2ccccc2c1C(=O)O)C1CCSC1. The van der Waals surface area contributed by atoms with Gasteiger partial charge in [0.25, 0.3) is 0 Å². The molecule has 0 aliphatic carbocycles. The van der Waals surface area contributed by atoms with Crippen molar-refractivity contribution in [3.63, 3.8) is 0 Å². The fraction of sp³-hybridized carbons (Fsp3) is 0.400. The van der Waals surface area contributed by atoms with Crippen molar-refractivity contribution in [2.75, 3.05) is 18.6 Å². The fourth-order valence-corrected chi connectivity index (χ4v) is 3.97. The molecule has 1 fully saturated rings. The average molecular weight is 291 g/mol. The van der Waals surface area contributed by atoms with Crippen molar-refractivity contribution in [2.24, 2.45) is 0 Å². The average Bonchev–Trinajstić information content (AvgIpc) is 3.05. The summed E-state index contributed by atoms with van der Waals surface area (Å²) in [5.41, 5.74) is 0.951. The predicted octanol–water partition coefficient (Wildman–Crippen LogP) is 3.07. The van der Waals surface area contributed by atoms with Gasteiger partial charge in [-0.15, -0.1) is 0 Å². The number of para-hydroxylation sites is 1. The van der Waals surface area contributed by atoms with Gasteiger partial charge in [0.05, 0.1) is 6.54 Å². The van der Waals surface area contributed by atoms with E-state index in [-0.39, 0.29) is 0 Å². The van der Waals surface area contributed by atoms with E-state index in [9.17, 15) is 9.90 Å². The van der Waals surface area contributed by atoms with E-state index in [1.54, 1.807) is 6.07 Å². The van der Waals surface area contributed by atoms with Crippen molar-refractivity contribution in [3.05, 3.63) is 35.6 Å². The van der Waals surface area contributed by atoms with E-state index in [0.29, 0.717) is 34.9 Å². The Labute approximate surface area is 121 Å². The number of aromatic carboxylic acids is 1. The lowest BCUT2D eigenvalue weighted by molar-refractivity contribution is 0.0694. The second kappa shape index (κ2) is 5.50. The highest BCUT2D eigenvalue weighted by molar-refractivity contribution is 7.99. The monoisotopic (exact) mass is 291 g/mol. The van der Waals surface area contributed by atoms with Gasteiger partial charge in [0, 0.05) is 17.2 Å². The summed E-state index contributed by atoms with van der Waals surface area (Å²) in [6.45, 7) is 0.543. The van der Waals surface area contributed by atoms with Crippen LogP contribution >= 0.6 is 11.8 Å². The number of hydrogen-bond donors (Lipinski definition) is 1. The Balaban J connectivity index is 1.93. The lowest BCUT2D eigenvalue weighted by Gasteiger charge is -2.22. The summed E-state index contributed by atoms with van der Waals surface area (Å²) in [6, 6.07) is 7.83. The molecular formula is C15H17NO3S. The third-order valence-corrected chi connectivity index (χ3v) is 4.95. The van der Waals surface area contributed by atoms with Crippen molar-refractivity contribution >= 4 is 28.7 Å². The zero-order valence-corrected chi connectivity index (χ0v) is 12.2. The molecule has 1 aliphatic rings. The first-order valence-corrected chi connectivity index (χ1v) is 7.84. The van der Waals surface area contributed by atoms with Crippen LogP contribution in [0, 0.1) is 0 Å². The van der Waals surface area contributed by atoms with Crippen LogP contribution in [0.1, 0.15) is 22.5 Å². The highest BCUT2D eigenvalue weighted by Gasteiger charge is 2.25. The molecule has 0 amide bonds. The zero-order chi connectivity index (χ0) is 14.1. The maximum Gasteiger partial charge on any atom is 0.339 e. The molecule has 106 valence electrons. The lowest BCUT2D eigenvalue weighted by atomic mass is 10.1. The van der Waals surface area contributed by atoms with Gasteiger partial charge in [0.2, 0.25) is 0 Å². The van der Waals surface area contributed by atoms with Crippen LogP contribution in [0.15, 0.2) is 28.7 Å². The standard InChI is InChI=1S/C15H17NO3S/c1-16(10-6-7-20-9-10)8-13-14(15(17)18)11-4-2-3-5-12(11)19-13/h2-5,10H,6-9H2,1H3,(H,17,18). The molecule has 2 aromatic rings. The third-order valence-electron chi connectivity index (χ3n) is 3.80. The molecule has 0 spiro atoms. The van der Waals surface area contributed by atoms with Crippen molar-refractivity contribution in [3.8, 4) is 0 Å². The van der Waals surface area contributed by atoms with E-state index in [0.717, 1.165) is 12.2 Å². The Kier molecular flexibility index (Phi) is 3.72. The summed E-state index contributed by atoms with van der Waals surface area (Å²) in [5, 5.41) is 10.1. The van der Waals surface area contributed by atoms with Gasteiger partial charge in [-0.1, -0.05) is 18.2 Å². The van der Waals surface area contributed by atoms with Crippen molar-refractivity contribution < 1.29 is 14.3 Å². The summed E-state index contributed by atoms with van der Waals surface area (Å²) in [6.07, 6.45) is 1.16. The number of benzene rings is 1. The molecule has 1 aromatic carbocycles. The summed E-state index contributed by atoms with van der Waals surface area (Å²) < 4.78 is 5.76. The highest BCUT2D eigenvalue weighted by Crippen LogP contribution is 2.29. The number of rotatable bonds is 4. The van der Waals surface area contributed by atoms with Crippen LogP contribution in [-0.4, -0.2) is 40.6 Å². The van der Waals surface area contributed by atoms with Gasteiger partial charge in [-0.3, -0.25) is 4.90 Å². The summed E-state index contributed by atoms with van der Waals surface area (Å²) in [4.78, 5) is 13.7. The van der Waals surface area contributed by atoms with E-state index in [4.69, 9.17) is 4.42 Å². The number of fused-ring (bicyclic) bond motifs is 1. The maximum atomic E-state index is 11.5. The topological polar surface area (TPSA) is 53.7 Å². The predicted molar refractivity (Wildman–Crippen MR) is 80.4 cm³/mol. The number of carbonyl (C=O) groups is 1. The van der Waals surface area contributed by atoms with E-state index >= 15 is 0 Å². The Bertz CT molecular complexity index is 631. The number of carboxylic acid groups (broad SMARTS) is 1. The van der Waals surface area contributed by atoms with E-state index in [1.165, 1.54) is 5.75 Å². The number of nitrogens with zero attached hydrogens (tertiary/aromatic N) is 1. The van der Waals surface area contributed by atoms with Crippen LogP contribution in [-0.2, 0) is 6.54 Å². The van der Waals surface area contributed by atoms with Crippen LogP contribution in [0.3, 0.4) is 0 Å². The molecule has 20 heavy (non-hydrogen) atoms. The number of furan rings is 1. The van der Waals surface area contributed by atoms with Crippen LogP contribution in [0.2, 0.25) is 0 Å². The molecule has 3 rings (SSSR count). The van der Waals surface area contributed by atoms with Crippen LogP contribution in [0.4, 0.5) is 0 Å². The molecule has 1 unspecified atom stereocenters. The molecule has 0 radical (unpaired) electrons. The largest absolute Gasteiger partial charge is 0.478 e. The van der Waals surface area contributed by atoms with E-state index in [1.807, 2.05) is 37.0 Å². The van der Waals surface area contributed by atoms with Gasteiger partial charge in [-0.05, 0) is 25.3 Å². The van der Waals surface area contributed by atoms with Crippen molar-refractivity contribution in [1.82, 2.24) is 4.90 Å². The minimum Gasteiger partial charge on any atom is -0.478 e. The molecule has 0 bridgehead atoms. The summed E-state index contributed by atoms with van der Waals surface area (Å²) in [5.74, 6) is 1.93. The molecule has 2 heterocycles. The van der Waals surface area contributed by atoms with Crippen LogP contribution in [0.5, 0.6) is 0 Å². The zero-order valence-electron chi connectivity index (χ0n) is 11.3. The lowest BCUT2D eigenvalue weighted by Crippen LogP contribution is -2.31. The Morgan fingerprint density at radius 2 is 2.30 bits per heavy atom. The summed E-state index contributed by atoms with van der Waals surface area (Å²) >= 11 is 1.95. The normalized spacial score (nSPS) is 19.0. The first-order chi connectivity index (χ1) is 9.66. The van der Waals surface area contributed by atoms with Gasteiger partial charge in [0.15, 0.2) is 0 Å². The van der Waals surface area contributed by atoms with Gasteiger partial charge >= 0.3 is 5.97 Å². The molecule has 0 saturated carbocycles. The van der Waals surface area contributed by atoms with Gasteiger partial charge in [-0.25, -0.2) is 4.79 Å². The molecule has 4 nitrogen and oxygen atoms in total. The third kappa shape index (κ3) is 2.43. The Hall–Kier alpha value is -1.46.